The second-order valence-corrected chi connectivity index (χ2v) is 11.9. The van der Waals surface area contributed by atoms with Crippen LogP contribution in [0, 0.1) is 0 Å². The van der Waals surface area contributed by atoms with Crippen LogP contribution >= 0.6 is 0 Å². The molecule has 1 nitrogen and oxygen atoms in total. The van der Waals surface area contributed by atoms with Crippen molar-refractivity contribution in [1.82, 2.24) is 0 Å². The van der Waals surface area contributed by atoms with Crippen molar-refractivity contribution >= 4 is 13.3 Å². The van der Waals surface area contributed by atoms with E-state index in [-0.39, 0.29) is 6.10 Å². The topological polar surface area (TPSA) is 9.23 Å². The Morgan fingerprint density at radius 3 is 2.39 bits per heavy atom. The van der Waals surface area contributed by atoms with Crippen molar-refractivity contribution in [2.24, 2.45) is 0 Å². The average Bonchev–Trinajstić information content (AvgIpc) is 2.52. The van der Waals surface area contributed by atoms with Crippen LogP contribution < -0.4 is 5.19 Å². The van der Waals surface area contributed by atoms with Crippen molar-refractivity contribution in [3.05, 3.63) is 29.8 Å². The monoisotopic (exact) mass is 344 g/mol. The summed E-state index contributed by atoms with van der Waals surface area (Å²) in [5, 5.41) is 1.10. The number of unbranched alkanes of at least 4 members (excludes halogenated alkanes) is 1. The van der Waals surface area contributed by atoms with Gasteiger partial charge in [0.2, 0.25) is 0 Å². The molecule has 23 heavy (non-hydrogen) atoms. The highest BCUT2D eigenvalue weighted by Crippen LogP contribution is 2.38. The molecule has 1 saturated heterocycles. The van der Waals surface area contributed by atoms with E-state index in [4.69, 9.17) is 4.74 Å². The predicted octanol–water partition coefficient (Wildman–Crippen LogP) is 5.36. The van der Waals surface area contributed by atoms with Crippen LogP contribution in [0.25, 0.3) is 0 Å². The maximum atomic E-state index is 12.8. The van der Waals surface area contributed by atoms with Gasteiger partial charge in [-0.25, -0.2) is 0 Å². The number of halogens is 3. The Hall–Kier alpha value is -0.813. The van der Waals surface area contributed by atoms with E-state index in [0.717, 1.165) is 43.9 Å². The van der Waals surface area contributed by atoms with E-state index in [9.17, 15) is 13.2 Å². The molecule has 0 saturated carbocycles. The zero-order chi connectivity index (χ0) is 17.1. The van der Waals surface area contributed by atoms with Crippen LogP contribution in [0.1, 0.15) is 44.6 Å². The second kappa shape index (κ2) is 7.39. The highest BCUT2D eigenvalue weighted by atomic mass is 28.3. The second-order valence-electron chi connectivity index (χ2n) is 7.10. The third-order valence-electron chi connectivity index (χ3n) is 5.17. The van der Waals surface area contributed by atoms with E-state index in [0.29, 0.717) is 5.54 Å². The summed E-state index contributed by atoms with van der Waals surface area (Å²) < 4.78 is 44.3. The molecule has 1 aliphatic rings. The quantitative estimate of drug-likeness (QED) is 0.653. The van der Waals surface area contributed by atoms with Crippen LogP contribution in [0.15, 0.2) is 24.3 Å². The van der Waals surface area contributed by atoms with Crippen LogP contribution in [-0.4, -0.2) is 20.8 Å². The zero-order valence-corrected chi connectivity index (χ0v) is 15.2. The summed E-state index contributed by atoms with van der Waals surface area (Å²) in [5.74, 6) is 0. The summed E-state index contributed by atoms with van der Waals surface area (Å²) in [6, 6.07) is 5.85. The SMILES string of the molecule is CCCC[C@H]1OCCC[C@@H]1[Si](C)(C)c1ccc(C(F)(F)F)cc1. The molecule has 1 aromatic carbocycles. The van der Waals surface area contributed by atoms with Gasteiger partial charge in [-0.05, 0) is 24.8 Å². The van der Waals surface area contributed by atoms with E-state index < -0.39 is 19.8 Å². The Bertz CT molecular complexity index is 496. The molecular formula is C18H27F3OSi. The van der Waals surface area contributed by atoms with Crippen LogP contribution in [0.4, 0.5) is 13.2 Å². The van der Waals surface area contributed by atoms with E-state index in [1.165, 1.54) is 12.1 Å². The summed E-state index contributed by atoms with van der Waals surface area (Å²) in [6.45, 7) is 7.54. The van der Waals surface area contributed by atoms with Crippen LogP contribution in [0.2, 0.25) is 18.6 Å². The van der Waals surface area contributed by atoms with Crippen molar-refractivity contribution in [1.29, 1.82) is 0 Å². The lowest BCUT2D eigenvalue weighted by molar-refractivity contribution is -0.137. The fourth-order valence-electron chi connectivity index (χ4n) is 3.66. The Labute approximate surface area is 138 Å². The molecule has 0 radical (unpaired) electrons. The molecule has 0 unspecified atom stereocenters. The number of alkyl halides is 3. The van der Waals surface area contributed by atoms with Gasteiger partial charge in [0.15, 0.2) is 0 Å². The van der Waals surface area contributed by atoms with Gasteiger partial charge in [-0.15, -0.1) is 0 Å². The Kier molecular flexibility index (Phi) is 5.95. The van der Waals surface area contributed by atoms with Crippen LogP contribution in [0.5, 0.6) is 0 Å². The molecular weight excluding hydrogens is 317 g/mol. The summed E-state index contributed by atoms with van der Waals surface area (Å²) in [7, 11) is -1.87. The average molecular weight is 344 g/mol. The first kappa shape index (κ1) is 18.5. The van der Waals surface area contributed by atoms with E-state index >= 15 is 0 Å². The first-order valence-electron chi connectivity index (χ1n) is 8.56. The van der Waals surface area contributed by atoms with Gasteiger partial charge in [-0.2, -0.15) is 13.2 Å². The molecule has 0 aromatic heterocycles. The number of hydrogen-bond donors (Lipinski definition) is 0. The molecule has 0 aliphatic carbocycles. The lowest BCUT2D eigenvalue weighted by atomic mass is 10.0. The molecule has 2 rings (SSSR count). The van der Waals surface area contributed by atoms with Crippen LogP contribution in [-0.2, 0) is 10.9 Å². The molecule has 0 amide bonds. The van der Waals surface area contributed by atoms with Crippen molar-refractivity contribution in [3.8, 4) is 0 Å². The summed E-state index contributed by atoms with van der Waals surface area (Å²) in [5.41, 5.74) is -0.0759. The molecule has 1 fully saturated rings. The molecule has 1 heterocycles. The van der Waals surface area contributed by atoms with Gasteiger partial charge >= 0.3 is 6.18 Å². The molecule has 2 atom stereocenters. The molecule has 130 valence electrons. The predicted molar refractivity (Wildman–Crippen MR) is 90.8 cm³/mol. The fraction of sp³-hybridized carbons (Fsp3) is 0.667. The van der Waals surface area contributed by atoms with E-state index in [1.54, 1.807) is 12.1 Å². The molecule has 0 bridgehead atoms. The van der Waals surface area contributed by atoms with Crippen molar-refractivity contribution < 1.29 is 17.9 Å². The largest absolute Gasteiger partial charge is 0.416 e. The van der Waals surface area contributed by atoms with Gasteiger partial charge in [-0.1, -0.05) is 62.3 Å². The number of rotatable bonds is 5. The molecule has 5 heteroatoms. The Morgan fingerprint density at radius 1 is 1.17 bits per heavy atom. The minimum atomic E-state index is -4.26. The molecule has 1 aromatic rings. The minimum Gasteiger partial charge on any atom is -0.378 e. The molecule has 0 spiro atoms. The first-order chi connectivity index (χ1) is 10.8. The van der Waals surface area contributed by atoms with Crippen molar-refractivity contribution in [2.45, 2.75) is 69.9 Å². The third kappa shape index (κ3) is 4.38. The van der Waals surface area contributed by atoms with Gasteiger partial charge in [0, 0.05) is 6.61 Å². The summed E-state index contributed by atoms with van der Waals surface area (Å²) >= 11 is 0. The van der Waals surface area contributed by atoms with E-state index in [1.807, 2.05) is 0 Å². The minimum absolute atomic E-state index is 0.271. The zero-order valence-electron chi connectivity index (χ0n) is 14.2. The highest BCUT2D eigenvalue weighted by Gasteiger charge is 2.41. The maximum absolute atomic E-state index is 12.8. The molecule has 0 N–H and O–H groups in total. The number of ether oxygens (including phenoxy) is 1. The smallest absolute Gasteiger partial charge is 0.378 e. The van der Waals surface area contributed by atoms with Gasteiger partial charge in [0.25, 0.3) is 0 Å². The summed E-state index contributed by atoms with van der Waals surface area (Å²) in [4.78, 5) is 0. The van der Waals surface area contributed by atoms with Gasteiger partial charge in [0.1, 0.15) is 0 Å². The normalized spacial score (nSPS) is 23.0. The van der Waals surface area contributed by atoms with Crippen molar-refractivity contribution in [2.75, 3.05) is 6.61 Å². The Morgan fingerprint density at radius 2 is 1.83 bits per heavy atom. The lowest BCUT2D eigenvalue weighted by Gasteiger charge is -2.41. The van der Waals surface area contributed by atoms with Gasteiger partial charge < -0.3 is 4.74 Å². The fourth-order valence-corrected chi connectivity index (χ4v) is 7.23. The molecule has 1 aliphatic heterocycles. The maximum Gasteiger partial charge on any atom is 0.416 e. The van der Waals surface area contributed by atoms with E-state index in [2.05, 4.69) is 20.0 Å². The van der Waals surface area contributed by atoms with Crippen LogP contribution in [0.3, 0.4) is 0 Å². The number of benzene rings is 1. The standard InChI is InChI=1S/C18H27F3OSi/c1-4-5-7-16-17(8-6-13-22-16)23(2,3)15-11-9-14(10-12-15)18(19,20)21/h9-12,16-17H,4-8,13H2,1-3H3/t16-,17+/m1/s1. The number of hydrogen-bond acceptors (Lipinski definition) is 1. The lowest BCUT2D eigenvalue weighted by Crippen LogP contribution is -2.51. The summed E-state index contributed by atoms with van der Waals surface area (Å²) in [6.07, 6.45) is 1.57. The van der Waals surface area contributed by atoms with Gasteiger partial charge in [0.05, 0.1) is 19.7 Å². The Balaban J connectivity index is 2.21. The first-order valence-corrected chi connectivity index (χ1v) is 11.6. The highest BCUT2D eigenvalue weighted by molar-refractivity contribution is 6.91. The van der Waals surface area contributed by atoms with Crippen molar-refractivity contribution in [3.63, 3.8) is 0 Å². The van der Waals surface area contributed by atoms with Gasteiger partial charge in [-0.3, -0.25) is 0 Å². The third-order valence-corrected chi connectivity index (χ3v) is 9.50.